The maximum absolute atomic E-state index is 13.4. The molecule has 2 aromatic carbocycles. The van der Waals surface area contributed by atoms with Crippen LogP contribution in [0.2, 0.25) is 0 Å². The maximum Gasteiger partial charge on any atom is 0.250 e. The minimum atomic E-state index is -0.666. The lowest BCUT2D eigenvalue weighted by Gasteiger charge is -2.37. The summed E-state index contributed by atoms with van der Waals surface area (Å²) in [6.45, 7) is 6.30. The van der Waals surface area contributed by atoms with E-state index in [0.717, 1.165) is 5.82 Å². The molecule has 0 aliphatic carbocycles. The van der Waals surface area contributed by atoms with Crippen molar-refractivity contribution in [2.75, 3.05) is 31.1 Å². The molecule has 7 nitrogen and oxygen atoms in total. The zero-order chi connectivity index (χ0) is 23.4. The lowest BCUT2D eigenvalue weighted by Crippen LogP contribution is -2.50. The van der Waals surface area contributed by atoms with Crippen molar-refractivity contribution in [3.05, 3.63) is 84.7 Å². The number of carbonyl (C=O) groups excluding carboxylic acids is 1. The van der Waals surface area contributed by atoms with Crippen LogP contribution in [0.1, 0.15) is 10.4 Å². The number of rotatable bonds is 7. The molecule has 1 unspecified atom stereocenters. The third-order valence-corrected chi connectivity index (χ3v) is 5.53. The van der Waals surface area contributed by atoms with Crippen LogP contribution in [0.5, 0.6) is 11.5 Å². The number of nitrogens with two attached hydrogens (primary N) is 1. The third-order valence-electron chi connectivity index (χ3n) is 5.53. The molecule has 8 heteroatoms. The summed E-state index contributed by atoms with van der Waals surface area (Å²) >= 11 is 0. The van der Waals surface area contributed by atoms with Crippen molar-refractivity contribution in [1.82, 2.24) is 9.88 Å². The van der Waals surface area contributed by atoms with Gasteiger partial charge in [0.2, 0.25) is 0 Å². The Morgan fingerprint density at radius 2 is 1.82 bits per heavy atom. The van der Waals surface area contributed by atoms with Gasteiger partial charge in [-0.2, -0.15) is 0 Å². The van der Waals surface area contributed by atoms with Crippen molar-refractivity contribution in [2.24, 2.45) is 5.73 Å². The number of benzene rings is 2. The average Bonchev–Trinajstić information content (AvgIpc) is 2.84. The zero-order valence-electron chi connectivity index (χ0n) is 18.0. The quantitative estimate of drug-likeness (QED) is 0.539. The first-order chi connectivity index (χ1) is 15.9. The van der Waals surface area contributed by atoms with Crippen molar-refractivity contribution in [3.8, 4) is 22.8 Å². The zero-order valence-corrected chi connectivity index (χ0v) is 18.0. The number of aliphatic hydroxyl groups excluding tert-OH is 1. The Kier molecular flexibility index (Phi) is 6.67. The molecule has 3 aromatic rings. The topological polar surface area (TPSA) is 91.9 Å². The molecule has 2 heterocycles. The highest BCUT2D eigenvalue weighted by molar-refractivity contribution is 5.99. The highest BCUT2D eigenvalue weighted by Gasteiger charge is 2.23. The summed E-state index contributed by atoms with van der Waals surface area (Å²) in [5.74, 6) is 0.696. The van der Waals surface area contributed by atoms with Gasteiger partial charge in [0.25, 0.3) is 5.91 Å². The van der Waals surface area contributed by atoms with E-state index in [1.807, 2.05) is 4.90 Å². The normalized spacial score (nSPS) is 15.2. The van der Waals surface area contributed by atoms with Gasteiger partial charge in [0.1, 0.15) is 29.4 Å². The summed E-state index contributed by atoms with van der Waals surface area (Å²) in [6, 6.07) is 16.4. The Morgan fingerprint density at radius 3 is 2.45 bits per heavy atom. The van der Waals surface area contributed by atoms with Crippen LogP contribution < -0.4 is 15.4 Å². The first kappa shape index (κ1) is 22.4. The molecule has 33 heavy (non-hydrogen) atoms. The summed E-state index contributed by atoms with van der Waals surface area (Å²) in [5.41, 5.74) is 7.10. The molecule has 1 aliphatic heterocycles. The van der Waals surface area contributed by atoms with Crippen LogP contribution in [0, 0.1) is 5.82 Å². The molecule has 0 saturated carbocycles. The minimum Gasteiger partial charge on any atom is -0.457 e. The van der Waals surface area contributed by atoms with E-state index in [1.54, 1.807) is 48.5 Å². The van der Waals surface area contributed by atoms with Crippen molar-refractivity contribution in [1.29, 1.82) is 0 Å². The largest absolute Gasteiger partial charge is 0.457 e. The second kappa shape index (κ2) is 9.81. The Labute approximate surface area is 191 Å². The maximum atomic E-state index is 13.4. The van der Waals surface area contributed by atoms with Crippen molar-refractivity contribution in [3.63, 3.8) is 0 Å². The number of aliphatic hydroxyl groups is 1. The van der Waals surface area contributed by atoms with Gasteiger partial charge >= 0.3 is 0 Å². The van der Waals surface area contributed by atoms with E-state index in [4.69, 9.17) is 15.5 Å². The summed E-state index contributed by atoms with van der Waals surface area (Å²) in [5, 5.41) is 9.95. The number of aromatic nitrogens is 1. The van der Waals surface area contributed by atoms with Crippen molar-refractivity contribution >= 4 is 11.7 Å². The summed E-state index contributed by atoms with van der Waals surface area (Å²) in [6.07, 6.45) is 0.844. The molecule has 1 atom stereocenters. The first-order valence-corrected chi connectivity index (χ1v) is 10.6. The molecule has 3 N–H and O–H groups in total. The van der Waals surface area contributed by atoms with Crippen LogP contribution in [0.15, 0.2) is 73.3 Å². The number of piperazine rings is 1. The summed E-state index contributed by atoms with van der Waals surface area (Å²) in [7, 11) is 0. The van der Waals surface area contributed by atoms with E-state index >= 15 is 0 Å². The van der Waals surface area contributed by atoms with E-state index in [1.165, 1.54) is 18.2 Å². The molecule has 1 aromatic heterocycles. The molecule has 1 fully saturated rings. The second-order valence-electron chi connectivity index (χ2n) is 7.69. The minimum absolute atomic E-state index is 0.318. The van der Waals surface area contributed by atoms with E-state index < -0.39 is 12.1 Å². The summed E-state index contributed by atoms with van der Waals surface area (Å²) in [4.78, 5) is 20.8. The summed E-state index contributed by atoms with van der Waals surface area (Å²) < 4.78 is 19.1. The highest BCUT2D eigenvalue weighted by Crippen LogP contribution is 2.29. The van der Waals surface area contributed by atoms with Gasteiger partial charge in [-0.15, -0.1) is 0 Å². The fourth-order valence-corrected chi connectivity index (χ4v) is 3.76. The van der Waals surface area contributed by atoms with Crippen LogP contribution >= 0.6 is 0 Å². The van der Waals surface area contributed by atoms with Crippen LogP contribution in [-0.2, 0) is 0 Å². The van der Waals surface area contributed by atoms with Crippen LogP contribution in [0.4, 0.5) is 10.2 Å². The monoisotopic (exact) mass is 448 g/mol. The average molecular weight is 448 g/mol. The van der Waals surface area contributed by atoms with E-state index in [-0.39, 0.29) is 5.82 Å². The van der Waals surface area contributed by atoms with Gasteiger partial charge in [0, 0.05) is 37.8 Å². The molecular weight excluding hydrogens is 423 g/mol. The lowest BCUT2D eigenvalue weighted by atomic mass is 10.0. The number of hydrogen-bond donors (Lipinski definition) is 2. The Hall–Kier alpha value is -3.75. The number of carbonyl (C=O) groups is 1. The second-order valence-corrected chi connectivity index (χ2v) is 7.69. The molecule has 0 bridgehead atoms. The van der Waals surface area contributed by atoms with Gasteiger partial charge in [0.05, 0.1) is 11.3 Å². The molecule has 0 radical (unpaired) electrons. The molecule has 4 rings (SSSR count). The standard InChI is InChI=1S/C25H25FN4O3/c1-2-23(31)30-14-12-29(13-15-30)22-11-10-21(25(27)32)24(28-22)17-6-8-19(9-7-17)33-20-5-3-4-18(26)16-20/h2-11,16,23,31H,1,12-15H2,(H2,27,32). The van der Waals surface area contributed by atoms with Crippen molar-refractivity contribution in [2.45, 2.75) is 6.23 Å². The molecule has 0 spiro atoms. The van der Waals surface area contributed by atoms with Gasteiger partial charge in [-0.3, -0.25) is 9.69 Å². The highest BCUT2D eigenvalue weighted by atomic mass is 19.1. The lowest BCUT2D eigenvalue weighted by molar-refractivity contribution is 0.0379. The van der Waals surface area contributed by atoms with Gasteiger partial charge in [0.15, 0.2) is 0 Å². The molecular formula is C25H25FN4O3. The van der Waals surface area contributed by atoms with Crippen molar-refractivity contribution < 1.29 is 19.0 Å². The Bertz CT molecular complexity index is 1140. The first-order valence-electron chi connectivity index (χ1n) is 10.6. The van der Waals surface area contributed by atoms with E-state index in [0.29, 0.717) is 54.5 Å². The predicted octanol–water partition coefficient (Wildman–Crippen LogP) is 3.41. The number of halogens is 1. The fourth-order valence-electron chi connectivity index (χ4n) is 3.76. The van der Waals surface area contributed by atoms with E-state index in [2.05, 4.69) is 11.5 Å². The Balaban J connectivity index is 1.56. The molecule has 1 saturated heterocycles. The predicted molar refractivity (Wildman–Crippen MR) is 125 cm³/mol. The number of pyridine rings is 1. The number of amides is 1. The van der Waals surface area contributed by atoms with Crippen LogP contribution in [0.25, 0.3) is 11.3 Å². The van der Waals surface area contributed by atoms with Gasteiger partial charge in [-0.1, -0.05) is 12.6 Å². The van der Waals surface area contributed by atoms with Gasteiger partial charge in [-0.05, 0) is 54.6 Å². The number of nitrogens with zero attached hydrogens (tertiary/aromatic N) is 3. The molecule has 170 valence electrons. The fraction of sp³-hybridized carbons (Fsp3) is 0.200. The molecule has 1 aliphatic rings. The van der Waals surface area contributed by atoms with Crippen LogP contribution in [0.3, 0.4) is 0 Å². The number of primary amides is 1. The van der Waals surface area contributed by atoms with E-state index in [9.17, 15) is 14.3 Å². The van der Waals surface area contributed by atoms with Crippen LogP contribution in [-0.4, -0.2) is 53.3 Å². The van der Waals surface area contributed by atoms with Gasteiger partial charge in [-0.25, -0.2) is 9.37 Å². The SMILES string of the molecule is C=CC(O)N1CCN(c2ccc(C(N)=O)c(-c3ccc(Oc4cccc(F)c4)cc3)n2)CC1. The molecule has 1 amide bonds. The number of hydrogen-bond acceptors (Lipinski definition) is 6. The smallest absolute Gasteiger partial charge is 0.250 e. The number of ether oxygens (including phenoxy) is 1. The third kappa shape index (κ3) is 5.19. The number of anilines is 1. The Morgan fingerprint density at radius 1 is 1.09 bits per heavy atom. The van der Waals surface area contributed by atoms with Gasteiger partial charge < -0.3 is 20.5 Å².